The second-order valence-electron chi connectivity index (χ2n) is 22.1. The number of benzene rings is 11. The summed E-state index contributed by atoms with van der Waals surface area (Å²) in [6, 6.07) is 90.1. The van der Waals surface area contributed by atoms with Gasteiger partial charge in [0.2, 0.25) is 0 Å². The van der Waals surface area contributed by atoms with Crippen molar-refractivity contribution in [2.45, 2.75) is 38.5 Å². The van der Waals surface area contributed by atoms with E-state index in [2.05, 4.69) is 292 Å². The van der Waals surface area contributed by atoms with Crippen molar-refractivity contribution in [1.29, 1.82) is 0 Å². The molecule has 0 fully saturated rings. The highest BCUT2D eigenvalue weighted by atomic mass is 15.0. The zero-order valence-electron chi connectivity index (χ0n) is 43.1. The van der Waals surface area contributed by atoms with Gasteiger partial charge in [0.05, 0.1) is 22.1 Å². The first-order valence-electron chi connectivity index (χ1n) is 26.7. The van der Waals surface area contributed by atoms with Crippen LogP contribution < -0.4 is 0 Å². The number of rotatable bonds is 7. The van der Waals surface area contributed by atoms with E-state index in [1.54, 1.807) is 0 Å². The van der Waals surface area contributed by atoms with E-state index in [0.717, 1.165) is 0 Å². The van der Waals surface area contributed by atoms with E-state index >= 15 is 0 Å². The Hall–Kier alpha value is -9.24. The Morgan fingerprint density at radius 3 is 1.25 bits per heavy atom. The quantitative estimate of drug-likeness (QED) is 0.141. The van der Waals surface area contributed by atoms with Crippen molar-refractivity contribution in [3.63, 3.8) is 0 Å². The third kappa shape index (κ3) is 6.73. The lowest BCUT2D eigenvalue weighted by Gasteiger charge is -2.24. The van der Waals surface area contributed by atoms with Crippen molar-refractivity contribution in [3.05, 3.63) is 276 Å². The molecule has 360 valence electrons. The second kappa shape index (κ2) is 16.6. The van der Waals surface area contributed by atoms with Crippen molar-refractivity contribution >= 4 is 55.8 Å². The van der Waals surface area contributed by atoms with Gasteiger partial charge in [-0.15, -0.1) is 0 Å². The number of hydrogen-bond donors (Lipinski definition) is 0. The number of aromatic nitrogens is 2. The topological polar surface area (TPSA) is 9.86 Å². The molecule has 0 saturated carbocycles. The molecule has 11 aromatic carbocycles. The van der Waals surface area contributed by atoms with Crippen LogP contribution in [-0.2, 0) is 10.8 Å². The summed E-state index contributed by atoms with van der Waals surface area (Å²) in [5, 5.41) is 5.06. The summed E-state index contributed by atoms with van der Waals surface area (Å²) in [5.74, 6) is 0. The van der Waals surface area contributed by atoms with Crippen molar-refractivity contribution < 1.29 is 0 Å². The largest absolute Gasteiger partial charge is 0.309 e. The minimum absolute atomic E-state index is 0.155. The van der Waals surface area contributed by atoms with Gasteiger partial charge < -0.3 is 9.13 Å². The summed E-state index contributed by atoms with van der Waals surface area (Å²) in [6.07, 6.45) is 4.47. The van der Waals surface area contributed by atoms with E-state index in [1.807, 2.05) is 0 Å². The van der Waals surface area contributed by atoms with Gasteiger partial charge in [-0.2, -0.15) is 0 Å². The number of nitrogens with zero attached hydrogens (tertiary/aromatic N) is 2. The SMILES string of the molecule is CC1(C)c2cc(-c3ccc(/C=C/c4ccc5c(c4)c4ccccc4n5-c4ccccc4)cc3)ccc2-c2cc3c(cc21)-c1ccc(-c2ccc4c(c2)c2ccccc2n4-c2ccc(-c4ccccc4)cc2)cc1C3(C)C. The van der Waals surface area contributed by atoms with Crippen LogP contribution in [0, 0.1) is 0 Å². The van der Waals surface area contributed by atoms with E-state index in [1.165, 1.54) is 144 Å². The first kappa shape index (κ1) is 44.3. The monoisotopic (exact) mass is 970 g/mol. The number of fused-ring (bicyclic) bond motifs is 12. The van der Waals surface area contributed by atoms with Gasteiger partial charge in [-0.3, -0.25) is 0 Å². The fourth-order valence-electron chi connectivity index (χ4n) is 13.1. The summed E-state index contributed by atoms with van der Waals surface area (Å²) in [4.78, 5) is 0. The highest BCUT2D eigenvalue weighted by molar-refractivity contribution is 6.11. The predicted molar refractivity (Wildman–Crippen MR) is 322 cm³/mol. The van der Waals surface area contributed by atoms with Crippen LogP contribution in [0.5, 0.6) is 0 Å². The average molecular weight is 971 g/mol. The third-order valence-corrected chi connectivity index (χ3v) is 17.1. The van der Waals surface area contributed by atoms with Crippen molar-refractivity contribution in [3.8, 4) is 67.0 Å². The maximum absolute atomic E-state index is 2.53. The summed E-state index contributed by atoms with van der Waals surface area (Å²) in [5.41, 5.74) is 27.7. The molecule has 0 spiro atoms. The van der Waals surface area contributed by atoms with Crippen LogP contribution in [-0.4, -0.2) is 9.13 Å². The van der Waals surface area contributed by atoms with Crippen LogP contribution in [0.2, 0.25) is 0 Å². The van der Waals surface area contributed by atoms with Gasteiger partial charge in [0.15, 0.2) is 0 Å². The molecule has 0 atom stereocenters. The van der Waals surface area contributed by atoms with Gasteiger partial charge in [-0.25, -0.2) is 0 Å². The highest BCUT2D eigenvalue weighted by Gasteiger charge is 2.42. The van der Waals surface area contributed by atoms with E-state index < -0.39 is 0 Å². The molecule has 0 amide bonds. The Bertz CT molecular complexity index is 4520. The lowest BCUT2D eigenvalue weighted by Crippen LogP contribution is -2.17. The van der Waals surface area contributed by atoms with Crippen LogP contribution >= 0.6 is 0 Å². The zero-order valence-corrected chi connectivity index (χ0v) is 43.1. The second-order valence-corrected chi connectivity index (χ2v) is 22.1. The lowest BCUT2D eigenvalue weighted by molar-refractivity contribution is 0.652. The number of hydrogen-bond acceptors (Lipinski definition) is 0. The fraction of sp³-hybridized carbons (Fsp3) is 0.0811. The predicted octanol–water partition coefficient (Wildman–Crippen LogP) is 19.7. The standard InChI is InChI=1S/C74H54N2/c1-73(2)65-43-53(51-28-25-47(26-29-51)23-24-48-27-39-71-63(41-48)59-19-11-13-21-69(59)75(71)55-17-9-6-10-18-55)32-37-57(65)61-45-68-62(46-67(61)73)58-38-33-54(44-66(58)74(68,3)4)52-34-40-72-64(42-52)60-20-12-14-22-70(60)76(72)56-35-30-50(31-36-56)49-15-7-5-8-16-49/h5-46H,1-4H3/b24-23+. The molecule has 0 saturated heterocycles. The molecule has 2 aromatic heterocycles. The molecule has 76 heavy (non-hydrogen) atoms. The molecule has 2 nitrogen and oxygen atoms in total. The molecular weight excluding hydrogens is 917 g/mol. The lowest BCUT2D eigenvalue weighted by atomic mass is 9.79. The molecule has 2 aliphatic carbocycles. The van der Waals surface area contributed by atoms with Gasteiger partial charge >= 0.3 is 0 Å². The fourth-order valence-corrected chi connectivity index (χ4v) is 13.1. The van der Waals surface area contributed by atoms with Crippen LogP contribution in [0.15, 0.2) is 243 Å². The smallest absolute Gasteiger partial charge is 0.0541 e. The van der Waals surface area contributed by atoms with Crippen molar-refractivity contribution in [1.82, 2.24) is 9.13 Å². The molecule has 0 N–H and O–H groups in total. The molecular formula is C74H54N2. The van der Waals surface area contributed by atoms with E-state index in [4.69, 9.17) is 0 Å². The Kier molecular flexibility index (Phi) is 9.69. The van der Waals surface area contributed by atoms with Crippen LogP contribution in [0.1, 0.15) is 61.1 Å². The summed E-state index contributed by atoms with van der Waals surface area (Å²) in [7, 11) is 0. The molecule has 0 bridgehead atoms. The molecule has 0 unspecified atom stereocenters. The molecule has 13 aromatic rings. The summed E-state index contributed by atoms with van der Waals surface area (Å²) in [6.45, 7) is 9.66. The molecule has 15 rings (SSSR count). The van der Waals surface area contributed by atoms with Gasteiger partial charge in [0, 0.05) is 43.7 Å². The molecule has 2 heterocycles. The van der Waals surface area contributed by atoms with Gasteiger partial charge in [0.1, 0.15) is 0 Å². The molecule has 2 aliphatic rings. The average Bonchev–Trinajstić information content (AvgIpc) is 4.30. The Morgan fingerprint density at radius 1 is 0.263 bits per heavy atom. The Morgan fingerprint density at radius 2 is 0.645 bits per heavy atom. The van der Waals surface area contributed by atoms with Gasteiger partial charge in [0.25, 0.3) is 0 Å². The minimum atomic E-state index is -0.166. The van der Waals surface area contributed by atoms with E-state index in [0.29, 0.717) is 0 Å². The first-order valence-corrected chi connectivity index (χ1v) is 26.7. The van der Waals surface area contributed by atoms with E-state index in [9.17, 15) is 0 Å². The maximum Gasteiger partial charge on any atom is 0.0541 e. The molecule has 0 aliphatic heterocycles. The third-order valence-electron chi connectivity index (χ3n) is 17.1. The maximum atomic E-state index is 2.53. The minimum Gasteiger partial charge on any atom is -0.309 e. The van der Waals surface area contributed by atoms with Gasteiger partial charge in [-0.05, 0) is 174 Å². The number of para-hydroxylation sites is 3. The van der Waals surface area contributed by atoms with Crippen LogP contribution in [0.3, 0.4) is 0 Å². The summed E-state index contributed by atoms with van der Waals surface area (Å²) >= 11 is 0. The van der Waals surface area contributed by atoms with Gasteiger partial charge in [-0.1, -0.05) is 198 Å². The Labute approximate surface area is 444 Å². The normalized spacial score (nSPS) is 13.9. The van der Waals surface area contributed by atoms with Crippen molar-refractivity contribution in [2.24, 2.45) is 0 Å². The zero-order chi connectivity index (χ0) is 50.9. The first-order chi connectivity index (χ1) is 37.2. The van der Waals surface area contributed by atoms with Crippen LogP contribution in [0.25, 0.3) is 123 Å². The summed E-state index contributed by atoms with van der Waals surface area (Å²) < 4.78 is 4.78. The van der Waals surface area contributed by atoms with E-state index in [-0.39, 0.29) is 10.8 Å². The van der Waals surface area contributed by atoms with Crippen molar-refractivity contribution in [2.75, 3.05) is 0 Å². The molecule has 2 heteroatoms. The van der Waals surface area contributed by atoms with Crippen LogP contribution in [0.4, 0.5) is 0 Å². The highest BCUT2D eigenvalue weighted by Crippen LogP contribution is 2.57. The molecule has 0 radical (unpaired) electrons. The Balaban J connectivity index is 0.708.